The van der Waals surface area contributed by atoms with Gasteiger partial charge in [0.25, 0.3) is 0 Å². The maximum Gasteiger partial charge on any atom is 0.308 e. The molecule has 22 heavy (non-hydrogen) atoms. The van der Waals surface area contributed by atoms with Crippen LogP contribution in [0.2, 0.25) is 0 Å². The Morgan fingerprint density at radius 1 is 1.05 bits per heavy atom. The Hall–Kier alpha value is -0.380. The molecule has 0 amide bonds. The van der Waals surface area contributed by atoms with E-state index in [2.05, 4.69) is 41.2 Å². The van der Waals surface area contributed by atoms with Crippen molar-refractivity contribution in [1.29, 1.82) is 0 Å². The molecule has 3 fully saturated rings. The van der Waals surface area contributed by atoms with Gasteiger partial charge >= 0.3 is 5.97 Å². The molecular formula is C19H32O3. The van der Waals surface area contributed by atoms with Crippen molar-refractivity contribution in [1.82, 2.24) is 0 Å². The van der Waals surface area contributed by atoms with Crippen molar-refractivity contribution in [2.45, 2.75) is 78.3 Å². The molecule has 3 nitrogen and oxygen atoms in total. The molecule has 3 heteroatoms. The van der Waals surface area contributed by atoms with Crippen molar-refractivity contribution < 1.29 is 14.2 Å². The monoisotopic (exact) mass is 308 g/mol. The molecule has 1 saturated carbocycles. The van der Waals surface area contributed by atoms with E-state index in [0.29, 0.717) is 18.6 Å². The Balaban J connectivity index is 1.68. The Morgan fingerprint density at radius 2 is 1.59 bits per heavy atom. The SMILES string of the molecule is C=C1CC2(CCC(C(C)(C)C)CC2)OC12OCC(C)(C)CO2. The normalized spacial score (nSPS) is 37.9. The molecule has 2 saturated heterocycles. The van der Waals surface area contributed by atoms with Crippen LogP contribution in [0.25, 0.3) is 0 Å². The van der Waals surface area contributed by atoms with E-state index in [1.165, 1.54) is 12.8 Å². The van der Waals surface area contributed by atoms with Crippen LogP contribution in [0.15, 0.2) is 12.2 Å². The molecule has 0 aromatic rings. The zero-order chi connectivity index (χ0) is 16.2. The number of hydrogen-bond donors (Lipinski definition) is 0. The quantitative estimate of drug-likeness (QED) is 0.609. The topological polar surface area (TPSA) is 27.7 Å². The van der Waals surface area contributed by atoms with Gasteiger partial charge in [-0.15, -0.1) is 0 Å². The van der Waals surface area contributed by atoms with E-state index in [1.54, 1.807) is 0 Å². The van der Waals surface area contributed by atoms with Gasteiger partial charge in [-0.3, -0.25) is 0 Å². The lowest BCUT2D eigenvalue weighted by Gasteiger charge is -2.45. The molecule has 0 bridgehead atoms. The molecule has 3 rings (SSSR count). The Labute approximate surface area is 135 Å². The van der Waals surface area contributed by atoms with E-state index in [0.717, 1.165) is 30.8 Å². The fourth-order valence-corrected chi connectivity index (χ4v) is 4.11. The molecule has 2 aliphatic heterocycles. The third-order valence-corrected chi connectivity index (χ3v) is 5.75. The Kier molecular flexibility index (Phi) is 3.79. The lowest BCUT2D eigenvalue weighted by molar-refractivity contribution is -0.405. The minimum atomic E-state index is -0.968. The predicted octanol–water partition coefficient (Wildman–Crippen LogP) is 4.66. The predicted molar refractivity (Wildman–Crippen MR) is 87.4 cm³/mol. The van der Waals surface area contributed by atoms with Crippen LogP contribution in [0.1, 0.15) is 66.7 Å². The van der Waals surface area contributed by atoms with Crippen LogP contribution in [0.5, 0.6) is 0 Å². The smallest absolute Gasteiger partial charge is 0.308 e. The highest BCUT2D eigenvalue weighted by Crippen LogP contribution is 2.54. The minimum absolute atomic E-state index is 0.0501. The third-order valence-electron chi connectivity index (χ3n) is 5.75. The van der Waals surface area contributed by atoms with Crippen LogP contribution in [0.4, 0.5) is 0 Å². The van der Waals surface area contributed by atoms with Crippen LogP contribution >= 0.6 is 0 Å². The zero-order valence-electron chi connectivity index (χ0n) is 15.0. The summed E-state index contributed by atoms with van der Waals surface area (Å²) in [5.41, 5.74) is 1.29. The second kappa shape index (κ2) is 5.06. The van der Waals surface area contributed by atoms with E-state index < -0.39 is 5.97 Å². The first-order valence-electron chi connectivity index (χ1n) is 8.72. The molecular weight excluding hydrogens is 276 g/mol. The zero-order valence-corrected chi connectivity index (χ0v) is 15.0. The van der Waals surface area contributed by atoms with Crippen LogP contribution in [0.3, 0.4) is 0 Å². The average molecular weight is 308 g/mol. The molecule has 0 radical (unpaired) electrons. The van der Waals surface area contributed by atoms with Crippen LogP contribution in [0, 0.1) is 16.7 Å². The summed E-state index contributed by atoms with van der Waals surface area (Å²) in [5.74, 6) is -0.192. The molecule has 0 aromatic heterocycles. The Bertz CT molecular complexity index is 440. The summed E-state index contributed by atoms with van der Waals surface area (Å²) in [6.07, 6.45) is 5.50. The molecule has 1 aliphatic carbocycles. The molecule has 0 N–H and O–H groups in total. The summed E-state index contributed by atoms with van der Waals surface area (Å²) < 4.78 is 18.5. The van der Waals surface area contributed by atoms with Crippen molar-refractivity contribution in [2.24, 2.45) is 16.7 Å². The fraction of sp³-hybridized carbons (Fsp3) is 0.895. The van der Waals surface area contributed by atoms with Gasteiger partial charge in [-0.25, -0.2) is 0 Å². The molecule has 3 aliphatic rings. The van der Waals surface area contributed by atoms with Gasteiger partial charge < -0.3 is 14.2 Å². The number of rotatable bonds is 0. The van der Waals surface area contributed by atoms with Gasteiger partial charge in [0, 0.05) is 17.4 Å². The number of hydrogen-bond acceptors (Lipinski definition) is 3. The van der Waals surface area contributed by atoms with E-state index in [4.69, 9.17) is 14.2 Å². The van der Waals surface area contributed by atoms with Crippen molar-refractivity contribution in [3.8, 4) is 0 Å². The summed E-state index contributed by atoms with van der Waals surface area (Å²) in [6.45, 7) is 16.9. The third kappa shape index (κ3) is 2.88. The van der Waals surface area contributed by atoms with Crippen LogP contribution in [-0.2, 0) is 14.2 Å². The first kappa shape index (κ1) is 16.5. The van der Waals surface area contributed by atoms with Gasteiger partial charge in [0.15, 0.2) is 0 Å². The van der Waals surface area contributed by atoms with Crippen molar-refractivity contribution in [2.75, 3.05) is 13.2 Å². The van der Waals surface area contributed by atoms with Gasteiger partial charge in [0.2, 0.25) is 0 Å². The van der Waals surface area contributed by atoms with E-state index in [9.17, 15) is 0 Å². The van der Waals surface area contributed by atoms with E-state index >= 15 is 0 Å². The van der Waals surface area contributed by atoms with Crippen molar-refractivity contribution >= 4 is 0 Å². The minimum Gasteiger partial charge on any atom is -0.323 e. The average Bonchev–Trinajstić information content (AvgIpc) is 2.66. The lowest BCUT2D eigenvalue weighted by Crippen LogP contribution is -2.50. The number of ether oxygens (including phenoxy) is 3. The molecule has 0 atom stereocenters. The summed E-state index contributed by atoms with van der Waals surface area (Å²) in [6, 6.07) is 0. The molecule has 2 spiro atoms. The maximum atomic E-state index is 6.44. The highest BCUT2D eigenvalue weighted by atomic mass is 16.9. The molecule has 0 unspecified atom stereocenters. The van der Waals surface area contributed by atoms with E-state index in [1.807, 2.05) is 0 Å². The fourth-order valence-electron chi connectivity index (χ4n) is 4.11. The highest BCUT2D eigenvalue weighted by Gasteiger charge is 2.57. The van der Waals surface area contributed by atoms with Gasteiger partial charge in [-0.2, -0.15) is 0 Å². The van der Waals surface area contributed by atoms with Gasteiger partial charge in [-0.05, 0) is 37.0 Å². The first-order chi connectivity index (χ1) is 10.1. The highest BCUT2D eigenvalue weighted by molar-refractivity contribution is 5.17. The summed E-state index contributed by atoms with van der Waals surface area (Å²) in [5, 5.41) is 0. The maximum absolute atomic E-state index is 6.44. The largest absolute Gasteiger partial charge is 0.323 e. The molecule has 2 heterocycles. The van der Waals surface area contributed by atoms with Crippen molar-refractivity contribution in [3.05, 3.63) is 12.2 Å². The van der Waals surface area contributed by atoms with Gasteiger partial charge in [0.1, 0.15) is 0 Å². The van der Waals surface area contributed by atoms with Crippen LogP contribution < -0.4 is 0 Å². The summed E-state index contributed by atoms with van der Waals surface area (Å²) in [4.78, 5) is 0. The molecule has 0 aromatic carbocycles. The van der Waals surface area contributed by atoms with Gasteiger partial charge in [-0.1, -0.05) is 41.2 Å². The Morgan fingerprint density at radius 3 is 2.09 bits per heavy atom. The second-order valence-electron chi connectivity index (χ2n) is 9.50. The first-order valence-corrected chi connectivity index (χ1v) is 8.72. The van der Waals surface area contributed by atoms with Gasteiger partial charge in [0.05, 0.1) is 18.8 Å². The van der Waals surface area contributed by atoms with Crippen LogP contribution in [-0.4, -0.2) is 24.8 Å². The summed E-state index contributed by atoms with van der Waals surface area (Å²) >= 11 is 0. The van der Waals surface area contributed by atoms with Crippen molar-refractivity contribution in [3.63, 3.8) is 0 Å². The lowest BCUT2D eigenvalue weighted by atomic mass is 9.68. The van der Waals surface area contributed by atoms with E-state index in [-0.39, 0.29) is 11.0 Å². The second-order valence-corrected chi connectivity index (χ2v) is 9.50. The standard InChI is InChI=1S/C19H32O3/c1-14-11-18(9-7-15(8-10-18)16(2,3)4)22-19(14)20-12-17(5,6)13-21-19/h15H,1,7-13H2,2-6H3. The summed E-state index contributed by atoms with van der Waals surface area (Å²) in [7, 11) is 0. The molecule has 126 valence electrons.